The molecule has 0 bridgehead atoms. The highest BCUT2D eigenvalue weighted by molar-refractivity contribution is 5.73. The third-order valence-electron chi connectivity index (χ3n) is 5.37. The van der Waals surface area contributed by atoms with E-state index in [2.05, 4.69) is 32.6 Å². The molecular formula is C24H52N2O. The van der Waals surface area contributed by atoms with Gasteiger partial charge in [-0.2, -0.15) is 0 Å². The zero-order valence-electron chi connectivity index (χ0n) is 19.4. The molecule has 0 unspecified atom stereocenters. The van der Waals surface area contributed by atoms with Crippen molar-refractivity contribution in [1.29, 1.82) is 0 Å². The summed E-state index contributed by atoms with van der Waals surface area (Å²) in [6.07, 6.45) is 20.9. The molecule has 3 heteroatoms. The first-order chi connectivity index (χ1) is 13.1. The Morgan fingerprint density at radius 1 is 0.556 bits per heavy atom. The minimum atomic E-state index is -0.153. The van der Waals surface area contributed by atoms with E-state index in [9.17, 15) is 4.79 Å². The van der Waals surface area contributed by atoms with Crippen molar-refractivity contribution in [2.24, 2.45) is 5.73 Å². The molecule has 0 fully saturated rings. The van der Waals surface area contributed by atoms with Crippen molar-refractivity contribution in [2.45, 2.75) is 130 Å². The summed E-state index contributed by atoms with van der Waals surface area (Å²) in [5.74, 6) is -0.153. The number of amides is 1. The number of hydrogen-bond donors (Lipinski definition) is 1. The van der Waals surface area contributed by atoms with E-state index in [1.165, 1.54) is 110 Å². The molecule has 0 atom stereocenters. The number of unbranched alkanes of at least 4 members (excludes halogenated alkanes) is 14. The van der Waals surface area contributed by atoms with E-state index in [1.807, 2.05) is 0 Å². The van der Waals surface area contributed by atoms with Crippen molar-refractivity contribution >= 4 is 5.91 Å². The summed E-state index contributed by atoms with van der Waals surface area (Å²) in [7, 11) is 0. The van der Waals surface area contributed by atoms with Crippen LogP contribution >= 0.6 is 0 Å². The van der Waals surface area contributed by atoms with Crippen molar-refractivity contribution in [3.63, 3.8) is 0 Å². The van der Waals surface area contributed by atoms with Crippen molar-refractivity contribution in [3.05, 3.63) is 0 Å². The monoisotopic (exact) mass is 384 g/mol. The number of rotatable bonds is 19. The predicted molar refractivity (Wildman–Crippen MR) is 122 cm³/mol. The summed E-state index contributed by atoms with van der Waals surface area (Å²) in [5, 5.41) is 0. The fourth-order valence-electron chi connectivity index (χ4n) is 3.34. The lowest BCUT2D eigenvalue weighted by Gasteiger charge is -2.13. The van der Waals surface area contributed by atoms with Crippen molar-refractivity contribution in [1.82, 2.24) is 4.90 Å². The molecule has 0 radical (unpaired) electrons. The van der Waals surface area contributed by atoms with Crippen LogP contribution in [0.25, 0.3) is 0 Å². The highest BCUT2D eigenvalue weighted by atomic mass is 16.1. The first kappa shape index (κ1) is 28.6. The average molecular weight is 385 g/mol. The smallest absolute Gasteiger partial charge is 0.217 e. The summed E-state index contributed by atoms with van der Waals surface area (Å²) in [4.78, 5) is 12.9. The molecule has 1 amide bonds. The zero-order chi connectivity index (χ0) is 20.6. The summed E-state index contributed by atoms with van der Waals surface area (Å²) in [6.45, 7) is 12.4. The summed E-state index contributed by atoms with van der Waals surface area (Å²) in [6, 6.07) is 0. The summed E-state index contributed by atoms with van der Waals surface area (Å²) in [5.41, 5.74) is 5.11. The second kappa shape index (κ2) is 25.4. The minimum Gasteiger partial charge on any atom is -0.370 e. The molecule has 0 heterocycles. The maximum atomic E-state index is 10.6. The van der Waals surface area contributed by atoms with Crippen LogP contribution in [-0.2, 0) is 4.79 Å². The highest BCUT2D eigenvalue weighted by Crippen LogP contribution is 2.13. The molecule has 2 N–H and O–H groups in total. The molecule has 0 aromatic carbocycles. The number of carbonyl (C=O) groups excluding carboxylic acids is 1. The lowest BCUT2D eigenvalue weighted by molar-refractivity contribution is -0.118. The largest absolute Gasteiger partial charge is 0.370 e. The van der Waals surface area contributed by atoms with Crippen molar-refractivity contribution in [2.75, 3.05) is 19.6 Å². The Hall–Kier alpha value is -0.570. The fraction of sp³-hybridized carbons (Fsp3) is 0.958. The second-order valence-electron chi connectivity index (χ2n) is 7.79. The van der Waals surface area contributed by atoms with Gasteiger partial charge in [0.05, 0.1) is 0 Å². The Kier molecular flexibility index (Phi) is 27.0. The van der Waals surface area contributed by atoms with Gasteiger partial charge in [-0.05, 0) is 26.1 Å². The summed E-state index contributed by atoms with van der Waals surface area (Å²) < 4.78 is 0. The van der Waals surface area contributed by atoms with Gasteiger partial charge in [-0.3, -0.25) is 4.79 Å². The van der Waals surface area contributed by atoms with Crippen LogP contribution in [0.4, 0.5) is 0 Å². The third kappa shape index (κ3) is 27.7. The second-order valence-corrected chi connectivity index (χ2v) is 7.79. The van der Waals surface area contributed by atoms with Gasteiger partial charge in [-0.25, -0.2) is 0 Å². The van der Waals surface area contributed by atoms with E-state index >= 15 is 0 Å². The van der Waals surface area contributed by atoms with E-state index in [-0.39, 0.29) is 5.91 Å². The molecule has 0 saturated carbocycles. The SMILES string of the molecule is CCCCCCCCCCCCCCCCCC(N)=O.CCN(CC)CC. The lowest BCUT2D eigenvalue weighted by atomic mass is 10.0. The lowest BCUT2D eigenvalue weighted by Crippen LogP contribution is -2.21. The van der Waals surface area contributed by atoms with E-state index in [0.29, 0.717) is 6.42 Å². The number of hydrogen-bond acceptors (Lipinski definition) is 2. The Morgan fingerprint density at radius 3 is 1.07 bits per heavy atom. The normalized spacial score (nSPS) is 10.7. The van der Waals surface area contributed by atoms with Gasteiger partial charge in [0, 0.05) is 6.42 Å². The van der Waals surface area contributed by atoms with Gasteiger partial charge in [0.2, 0.25) is 5.91 Å². The molecule has 27 heavy (non-hydrogen) atoms. The van der Waals surface area contributed by atoms with E-state index in [0.717, 1.165) is 6.42 Å². The van der Waals surface area contributed by atoms with Gasteiger partial charge >= 0.3 is 0 Å². The Bertz CT molecular complexity index is 272. The molecule has 0 aromatic heterocycles. The molecule has 0 aliphatic carbocycles. The highest BCUT2D eigenvalue weighted by Gasteiger charge is 1.96. The molecular weight excluding hydrogens is 332 g/mol. The van der Waals surface area contributed by atoms with Gasteiger partial charge in [0.15, 0.2) is 0 Å². The molecule has 0 aromatic rings. The fourth-order valence-corrected chi connectivity index (χ4v) is 3.34. The van der Waals surface area contributed by atoms with Crippen molar-refractivity contribution in [3.8, 4) is 0 Å². The zero-order valence-corrected chi connectivity index (χ0v) is 19.4. The number of primary amides is 1. The molecule has 0 aliphatic heterocycles. The van der Waals surface area contributed by atoms with E-state index in [1.54, 1.807) is 0 Å². The Balaban J connectivity index is 0. The predicted octanol–water partition coefficient (Wildman–Crippen LogP) is 7.08. The van der Waals surface area contributed by atoms with Crippen molar-refractivity contribution < 1.29 is 4.79 Å². The Labute approximate surface area is 171 Å². The Morgan fingerprint density at radius 2 is 0.852 bits per heavy atom. The van der Waals surface area contributed by atoms with Crippen LogP contribution in [-0.4, -0.2) is 30.4 Å². The van der Waals surface area contributed by atoms with Crippen LogP contribution in [0.15, 0.2) is 0 Å². The van der Waals surface area contributed by atoms with Crippen LogP contribution in [0, 0.1) is 0 Å². The van der Waals surface area contributed by atoms with Gasteiger partial charge in [0.1, 0.15) is 0 Å². The van der Waals surface area contributed by atoms with Gasteiger partial charge in [0.25, 0.3) is 0 Å². The average Bonchev–Trinajstić information content (AvgIpc) is 2.66. The molecule has 0 aliphatic rings. The van der Waals surface area contributed by atoms with Crippen LogP contribution in [0.2, 0.25) is 0 Å². The van der Waals surface area contributed by atoms with E-state index < -0.39 is 0 Å². The van der Waals surface area contributed by atoms with Crippen LogP contribution < -0.4 is 5.73 Å². The first-order valence-electron chi connectivity index (χ1n) is 12.1. The molecule has 164 valence electrons. The van der Waals surface area contributed by atoms with Crippen LogP contribution in [0.3, 0.4) is 0 Å². The maximum absolute atomic E-state index is 10.6. The third-order valence-corrected chi connectivity index (χ3v) is 5.37. The maximum Gasteiger partial charge on any atom is 0.217 e. The van der Waals surface area contributed by atoms with Gasteiger partial charge in [-0.15, -0.1) is 0 Å². The van der Waals surface area contributed by atoms with Crippen LogP contribution in [0.5, 0.6) is 0 Å². The number of nitrogens with two attached hydrogens (primary N) is 1. The molecule has 0 spiro atoms. The van der Waals surface area contributed by atoms with Gasteiger partial charge < -0.3 is 10.6 Å². The molecule has 0 saturated heterocycles. The standard InChI is InChI=1S/C18H37NO.C6H15N/c1-2-3-4-5-6-7-8-9-10-11-12-13-14-15-16-17-18(19)20;1-4-7(5-2)6-3/h2-17H2,1H3,(H2,19,20);4-6H2,1-3H3. The van der Waals surface area contributed by atoms with Crippen LogP contribution in [0.1, 0.15) is 130 Å². The van der Waals surface area contributed by atoms with E-state index in [4.69, 9.17) is 5.73 Å². The first-order valence-corrected chi connectivity index (χ1v) is 12.1. The minimum absolute atomic E-state index is 0.153. The molecule has 3 nitrogen and oxygen atoms in total. The quantitative estimate of drug-likeness (QED) is 0.242. The number of carbonyl (C=O) groups is 1. The topological polar surface area (TPSA) is 46.3 Å². The molecule has 0 rings (SSSR count). The number of nitrogens with zero attached hydrogens (tertiary/aromatic N) is 1. The summed E-state index contributed by atoms with van der Waals surface area (Å²) >= 11 is 0. The van der Waals surface area contributed by atoms with Gasteiger partial charge in [-0.1, -0.05) is 118 Å².